The molecule has 7 heteroatoms. The minimum Gasteiger partial charge on any atom is -0.326 e. The maximum Gasteiger partial charge on any atom is 0.243 e. The first-order chi connectivity index (χ1) is 13.5. The van der Waals surface area contributed by atoms with Gasteiger partial charge in [-0.2, -0.15) is 4.31 Å². The largest absolute Gasteiger partial charge is 0.326 e. The number of benzene rings is 2. The first kappa shape index (κ1) is 20.9. The number of carbonyl (C=O) groups is 1. The third-order valence-electron chi connectivity index (χ3n) is 4.75. The number of carbonyl (C=O) groups excluding carboxylic acids is 1. The van der Waals surface area contributed by atoms with E-state index in [2.05, 4.69) is 5.32 Å². The Morgan fingerprint density at radius 3 is 2.50 bits per heavy atom. The number of hydrogen-bond acceptors (Lipinski definition) is 4. The van der Waals surface area contributed by atoms with E-state index in [9.17, 15) is 13.2 Å². The first-order valence-electron chi connectivity index (χ1n) is 9.55. The lowest BCUT2D eigenvalue weighted by Gasteiger charge is -2.26. The molecule has 0 aromatic heterocycles. The van der Waals surface area contributed by atoms with Crippen LogP contribution in [0.4, 0.5) is 5.69 Å². The van der Waals surface area contributed by atoms with E-state index in [-0.39, 0.29) is 10.8 Å². The molecule has 1 amide bonds. The van der Waals surface area contributed by atoms with Gasteiger partial charge in [0, 0.05) is 35.8 Å². The highest BCUT2D eigenvalue weighted by Gasteiger charge is 2.27. The Kier molecular flexibility index (Phi) is 7.15. The molecule has 0 radical (unpaired) electrons. The topological polar surface area (TPSA) is 66.5 Å². The number of hydrogen-bond donors (Lipinski definition) is 1. The number of anilines is 1. The van der Waals surface area contributed by atoms with Crippen molar-refractivity contribution in [2.24, 2.45) is 0 Å². The van der Waals surface area contributed by atoms with Gasteiger partial charge in [0.05, 0.1) is 4.90 Å². The smallest absolute Gasteiger partial charge is 0.243 e. The molecule has 0 saturated carbocycles. The number of aryl methyl sites for hydroxylation is 1. The van der Waals surface area contributed by atoms with Gasteiger partial charge in [-0.15, -0.1) is 11.8 Å². The summed E-state index contributed by atoms with van der Waals surface area (Å²) in [6.45, 7) is 2.92. The number of rotatable bonds is 7. The van der Waals surface area contributed by atoms with Crippen LogP contribution in [0.5, 0.6) is 0 Å². The summed E-state index contributed by atoms with van der Waals surface area (Å²) in [7, 11) is -3.53. The Labute approximate surface area is 171 Å². The van der Waals surface area contributed by atoms with Crippen LogP contribution < -0.4 is 5.32 Å². The SMILES string of the molecule is Cc1ccc(NC(=O)CCSc2ccccc2)cc1S(=O)(=O)N1CCCCC1. The molecule has 2 aromatic carbocycles. The van der Waals surface area contributed by atoms with Gasteiger partial charge >= 0.3 is 0 Å². The zero-order valence-electron chi connectivity index (χ0n) is 16.1. The van der Waals surface area contributed by atoms with Crippen LogP contribution in [0.25, 0.3) is 0 Å². The number of thioether (sulfide) groups is 1. The van der Waals surface area contributed by atoms with E-state index in [0.29, 0.717) is 36.5 Å². The third-order valence-corrected chi connectivity index (χ3v) is 7.80. The molecule has 1 heterocycles. The molecule has 1 saturated heterocycles. The molecular weight excluding hydrogens is 392 g/mol. The Morgan fingerprint density at radius 2 is 1.79 bits per heavy atom. The lowest BCUT2D eigenvalue weighted by atomic mass is 10.2. The van der Waals surface area contributed by atoms with Crippen LogP contribution in [0.3, 0.4) is 0 Å². The van der Waals surface area contributed by atoms with E-state index in [4.69, 9.17) is 0 Å². The second-order valence-corrected chi connectivity index (χ2v) is 9.98. The van der Waals surface area contributed by atoms with Gasteiger partial charge in [0.1, 0.15) is 0 Å². The van der Waals surface area contributed by atoms with Crippen molar-refractivity contribution in [3.63, 3.8) is 0 Å². The van der Waals surface area contributed by atoms with Gasteiger partial charge in [-0.3, -0.25) is 4.79 Å². The molecule has 0 atom stereocenters. The molecule has 1 N–H and O–H groups in total. The monoisotopic (exact) mass is 418 g/mol. The highest BCUT2D eigenvalue weighted by atomic mass is 32.2. The third kappa shape index (κ3) is 5.37. The number of sulfonamides is 1. The molecule has 1 aliphatic heterocycles. The van der Waals surface area contributed by atoms with Crippen LogP contribution in [-0.4, -0.2) is 37.5 Å². The summed E-state index contributed by atoms with van der Waals surface area (Å²) in [4.78, 5) is 13.7. The average molecular weight is 419 g/mol. The first-order valence-corrected chi connectivity index (χ1v) is 12.0. The quantitative estimate of drug-likeness (QED) is 0.681. The lowest BCUT2D eigenvalue weighted by molar-refractivity contribution is -0.115. The van der Waals surface area contributed by atoms with Gasteiger partial charge in [0.15, 0.2) is 0 Å². The molecule has 5 nitrogen and oxygen atoms in total. The summed E-state index contributed by atoms with van der Waals surface area (Å²) in [5.41, 5.74) is 1.22. The molecule has 0 aliphatic carbocycles. The Balaban J connectivity index is 1.63. The van der Waals surface area contributed by atoms with Crippen LogP contribution >= 0.6 is 11.8 Å². The number of nitrogens with zero attached hydrogens (tertiary/aromatic N) is 1. The predicted octanol–water partition coefficient (Wildman–Crippen LogP) is 4.29. The minimum absolute atomic E-state index is 0.117. The van der Waals surface area contributed by atoms with E-state index >= 15 is 0 Å². The number of nitrogens with one attached hydrogen (secondary N) is 1. The van der Waals surface area contributed by atoms with Crippen molar-refractivity contribution in [2.75, 3.05) is 24.2 Å². The highest BCUT2D eigenvalue weighted by molar-refractivity contribution is 7.99. The average Bonchev–Trinajstić information content (AvgIpc) is 2.71. The summed E-state index contributed by atoms with van der Waals surface area (Å²) in [6.07, 6.45) is 3.23. The zero-order chi connectivity index (χ0) is 20.0. The molecule has 150 valence electrons. The van der Waals surface area contributed by atoms with Crippen molar-refractivity contribution >= 4 is 33.4 Å². The van der Waals surface area contributed by atoms with Gasteiger partial charge in [0.2, 0.25) is 15.9 Å². The molecule has 1 fully saturated rings. The summed E-state index contributed by atoms with van der Waals surface area (Å²) in [5, 5.41) is 2.84. The molecule has 2 aromatic rings. The van der Waals surface area contributed by atoms with Gasteiger partial charge in [-0.25, -0.2) is 8.42 Å². The highest BCUT2D eigenvalue weighted by Crippen LogP contribution is 2.26. The summed E-state index contributed by atoms with van der Waals surface area (Å²) in [5.74, 6) is 0.550. The van der Waals surface area contributed by atoms with Crippen molar-refractivity contribution in [2.45, 2.75) is 42.4 Å². The van der Waals surface area contributed by atoms with Crippen molar-refractivity contribution in [1.82, 2.24) is 4.31 Å². The Bertz CT molecular complexity index is 909. The normalized spacial score (nSPS) is 15.3. The maximum absolute atomic E-state index is 13.0. The van der Waals surface area contributed by atoms with Gasteiger partial charge < -0.3 is 5.32 Å². The van der Waals surface area contributed by atoms with E-state index in [1.807, 2.05) is 30.3 Å². The van der Waals surface area contributed by atoms with E-state index in [0.717, 1.165) is 24.2 Å². The molecule has 0 spiro atoms. The molecular formula is C21H26N2O3S2. The molecule has 0 bridgehead atoms. The fourth-order valence-corrected chi connectivity index (χ4v) is 5.84. The molecule has 1 aliphatic rings. The van der Waals surface area contributed by atoms with Crippen LogP contribution in [0, 0.1) is 6.92 Å². The van der Waals surface area contributed by atoms with Crippen LogP contribution in [0.2, 0.25) is 0 Å². The van der Waals surface area contributed by atoms with E-state index in [1.165, 1.54) is 0 Å². The lowest BCUT2D eigenvalue weighted by Crippen LogP contribution is -2.36. The summed E-state index contributed by atoms with van der Waals surface area (Å²) < 4.78 is 27.5. The Morgan fingerprint density at radius 1 is 1.07 bits per heavy atom. The van der Waals surface area contributed by atoms with Crippen LogP contribution in [0.15, 0.2) is 58.3 Å². The van der Waals surface area contributed by atoms with E-state index < -0.39 is 10.0 Å². The maximum atomic E-state index is 13.0. The molecule has 3 rings (SSSR count). The fraction of sp³-hybridized carbons (Fsp3) is 0.381. The van der Waals surface area contributed by atoms with Crippen molar-refractivity contribution in [1.29, 1.82) is 0 Å². The van der Waals surface area contributed by atoms with Gasteiger partial charge in [-0.05, 0) is 49.6 Å². The second-order valence-electron chi connectivity index (χ2n) is 6.90. The van der Waals surface area contributed by atoms with Gasteiger partial charge in [0.25, 0.3) is 0 Å². The molecule has 28 heavy (non-hydrogen) atoms. The summed E-state index contributed by atoms with van der Waals surface area (Å²) in [6, 6.07) is 15.0. The van der Waals surface area contributed by atoms with Crippen molar-refractivity contribution < 1.29 is 13.2 Å². The minimum atomic E-state index is -3.53. The second kappa shape index (κ2) is 9.58. The Hall–Kier alpha value is -1.83. The predicted molar refractivity (Wildman–Crippen MR) is 114 cm³/mol. The van der Waals surface area contributed by atoms with Crippen molar-refractivity contribution in [3.8, 4) is 0 Å². The fourth-order valence-electron chi connectivity index (χ4n) is 3.20. The van der Waals surface area contributed by atoms with Gasteiger partial charge in [-0.1, -0.05) is 30.7 Å². The standard InChI is InChI=1S/C21H26N2O3S2/c1-17-10-11-18(16-20(17)28(25,26)23-13-6-3-7-14-23)22-21(24)12-15-27-19-8-4-2-5-9-19/h2,4-5,8-11,16H,3,6-7,12-15H2,1H3,(H,22,24). The van der Waals surface area contributed by atoms with Crippen LogP contribution in [-0.2, 0) is 14.8 Å². The molecule has 0 unspecified atom stereocenters. The van der Waals surface area contributed by atoms with Crippen molar-refractivity contribution in [3.05, 3.63) is 54.1 Å². The summed E-state index contributed by atoms with van der Waals surface area (Å²) >= 11 is 1.62. The van der Waals surface area contributed by atoms with Crippen LogP contribution in [0.1, 0.15) is 31.2 Å². The van der Waals surface area contributed by atoms with E-state index in [1.54, 1.807) is 41.2 Å². The zero-order valence-corrected chi connectivity index (χ0v) is 17.7. The number of amides is 1. The number of piperidine rings is 1.